The Hall–Kier alpha value is -2.09. The minimum atomic E-state index is -0.674. The number of nitrogens with one attached hydrogen (secondary N) is 1. The quantitative estimate of drug-likeness (QED) is 0.718. The van der Waals surface area contributed by atoms with Crippen LogP contribution in [-0.2, 0) is 11.2 Å². The summed E-state index contributed by atoms with van der Waals surface area (Å²) < 4.78 is 4.49. The van der Waals surface area contributed by atoms with Crippen LogP contribution < -0.4 is 5.56 Å². The van der Waals surface area contributed by atoms with Crippen molar-refractivity contribution < 1.29 is 9.53 Å². The number of aromatic nitrogens is 1. The number of nitriles is 1. The molecule has 0 amide bonds. The monoisotopic (exact) mass is 206 g/mol. The average Bonchev–Trinajstić information content (AvgIpc) is 2.26. The highest BCUT2D eigenvalue weighted by Crippen LogP contribution is 2.06. The van der Waals surface area contributed by atoms with Gasteiger partial charge in [-0.05, 0) is 12.5 Å². The number of carbonyl (C=O) groups is 1. The Labute approximate surface area is 86.3 Å². The summed E-state index contributed by atoms with van der Waals surface area (Å²) in [6.07, 6.45) is 0.574. The molecule has 0 aliphatic carbocycles. The predicted octanol–water partition coefficient (Wildman–Crippen LogP) is 0.596. The Morgan fingerprint density at radius 2 is 2.33 bits per heavy atom. The van der Waals surface area contributed by atoms with E-state index in [-0.39, 0.29) is 11.1 Å². The molecule has 78 valence electrons. The second-order valence-electron chi connectivity index (χ2n) is 2.87. The number of nitrogens with zero attached hydrogens (tertiary/aromatic N) is 1. The van der Waals surface area contributed by atoms with Crippen LogP contribution in [0.4, 0.5) is 0 Å². The third kappa shape index (κ3) is 2.05. The van der Waals surface area contributed by atoms with Crippen LogP contribution >= 0.6 is 0 Å². The Morgan fingerprint density at radius 3 is 2.80 bits per heavy atom. The van der Waals surface area contributed by atoms with E-state index in [1.54, 1.807) is 6.07 Å². The molecule has 1 aromatic heterocycles. The Morgan fingerprint density at radius 1 is 1.67 bits per heavy atom. The van der Waals surface area contributed by atoms with Gasteiger partial charge < -0.3 is 9.72 Å². The lowest BCUT2D eigenvalue weighted by Gasteiger charge is -2.03. The molecule has 0 spiro atoms. The molecule has 0 unspecified atom stereocenters. The van der Waals surface area contributed by atoms with Gasteiger partial charge in [0, 0.05) is 5.69 Å². The maximum absolute atomic E-state index is 11.4. The molecular weight excluding hydrogens is 196 g/mol. The zero-order chi connectivity index (χ0) is 11.4. The highest BCUT2D eigenvalue weighted by Gasteiger charge is 2.15. The number of hydrogen-bond donors (Lipinski definition) is 1. The van der Waals surface area contributed by atoms with Crippen LogP contribution in [0.1, 0.15) is 28.5 Å². The van der Waals surface area contributed by atoms with Crippen LogP contribution in [0.5, 0.6) is 0 Å². The third-order valence-electron chi connectivity index (χ3n) is 1.99. The molecule has 1 aromatic rings. The van der Waals surface area contributed by atoms with Gasteiger partial charge in [0.15, 0.2) is 0 Å². The van der Waals surface area contributed by atoms with E-state index in [0.717, 1.165) is 0 Å². The molecular formula is C10H10N2O3. The summed E-state index contributed by atoms with van der Waals surface area (Å²) in [5, 5.41) is 8.73. The van der Waals surface area contributed by atoms with Crippen LogP contribution in [0, 0.1) is 11.3 Å². The van der Waals surface area contributed by atoms with Gasteiger partial charge in [0.1, 0.15) is 11.6 Å². The molecule has 0 saturated carbocycles. The normalized spacial score (nSPS) is 9.40. The number of hydrogen-bond acceptors (Lipinski definition) is 4. The van der Waals surface area contributed by atoms with Gasteiger partial charge in [0.25, 0.3) is 5.56 Å². The van der Waals surface area contributed by atoms with Crippen molar-refractivity contribution in [1.82, 2.24) is 4.98 Å². The van der Waals surface area contributed by atoms with Gasteiger partial charge in [-0.3, -0.25) is 4.79 Å². The first kappa shape index (κ1) is 11.0. The molecule has 1 heterocycles. The van der Waals surface area contributed by atoms with Crippen molar-refractivity contribution in [3.05, 3.63) is 33.2 Å². The molecule has 0 fully saturated rings. The van der Waals surface area contributed by atoms with E-state index < -0.39 is 11.5 Å². The fourth-order valence-corrected chi connectivity index (χ4v) is 1.19. The van der Waals surface area contributed by atoms with Gasteiger partial charge in [-0.15, -0.1) is 0 Å². The summed E-state index contributed by atoms with van der Waals surface area (Å²) in [5.41, 5.74) is -0.156. The minimum Gasteiger partial charge on any atom is -0.465 e. The number of H-pyrrole nitrogens is 1. The Bertz CT molecular complexity index is 482. The summed E-state index contributed by atoms with van der Waals surface area (Å²) in [6.45, 7) is 1.83. The number of methoxy groups -OCH3 is 1. The van der Waals surface area contributed by atoms with Gasteiger partial charge in [0.2, 0.25) is 0 Å². The third-order valence-corrected chi connectivity index (χ3v) is 1.99. The van der Waals surface area contributed by atoms with E-state index in [1.165, 1.54) is 13.2 Å². The van der Waals surface area contributed by atoms with E-state index in [1.807, 2.05) is 6.92 Å². The van der Waals surface area contributed by atoms with E-state index >= 15 is 0 Å². The van der Waals surface area contributed by atoms with Crippen molar-refractivity contribution in [2.45, 2.75) is 13.3 Å². The van der Waals surface area contributed by atoms with Gasteiger partial charge in [0.05, 0.1) is 12.7 Å². The SMILES string of the molecule is CCc1cc(C(=O)OC)c(C#N)c(=O)[nH]1. The van der Waals surface area contributed by atoms with Gasteiger partial charge in [-0.1, -0.05) is 6.92 Å². The van der Waals surface area contributed by atoms with Crippen molar-refractivity contribution in [3.63, 3.8) is 0 Å². The number of pyridine rings is 1. The summed E-state index contributed by atoms with van der Waals surface area (Å²) in [6, 6.07) is 3.15. The fraction of sp³-hybridized carbons (Fsp3) is 0.300. The van der Waals surface area contributed by atoms with Crippen LogP contribution in [-0.4, -0.2) is 18.1 Å². The average molecular weight is 206 g/mol. The van der Waals surface area contributed by atoms with Crippen LogP contribution in [0.25, 0.3) is 0 Å². The molecule has 0 aromatic carbocycles. The highest BCUT2D eigenvalue weighted by molar-refractivity contribution is 5.92. The largest absolute Gasteiger partial charge is 0.465 e. The lowest BCUT2D eigenvalue weighted by Crippen LogP contribution is -2.18. The van der Waals surface area contributed by atoms with Gasteiger partial charge in [-0.25, -0.2) is 4.79 Å². The molecule has 5 nitrogen and oxygen atoms in total. The van der Waals surface area contributed by atoms with Crippen LogP contribution in [0.2, 0.25) is 0 Å². The first-order valence-electron chi connectivity index (χ1n) is 4.38. The van der Waals surface area contributed by atoms with Gasteiger partial charge in [-0.2, -0.15) is 5.26 Å². The summed E-state index contributed by atoms with van der Waals surface area (Å²) in [5.74, 6) is -0.674. The van der Waals surface area contributed by atoms with Crippen LogP contribution in [0.15, 0.2) is 10.9 Å². The second-order valence-corrected chi connectivity index (χ2v) is 2.87. The maximum atomic E-state index is 11.4. The van der Waals surface area contributed by atoms with E-state index in [9.17, 15) is 9.59 Å². The van der Waals surface area contributed by atoms with Gasteiger partial charge >= 0.3 is 5.97 Å². The van der Waals surface area contributed by atoms with Crippen LogP contribution in [0.3, 0.4) is 0 Å². The minimum absolute atomic E-state index is 0.0144. The molecule has 0 aliphatic rings. The summed E-state index contributed by atoms with van der Waals surface area (Å²) in [4.78, 5) is 25.2. The van der Waals surface area contributed by atoms with E-state index in [4.69, 9.17) is 5.26 Å². The first-order valence-corrected chi connectivity index (χ1v) is 4.38. The molecule has 0 saturated heterocycles. The molecule has 5 heteroatoms. The van der Waals surface area contributed by atoms with Crippen molar-refractivity contribution >= 4 is 5.97 Å². The van der Waals surface area contributed by atoms with Crippen molar-refractivity contribution in [3.8, 4) is 6.07 Å². The second kappa shape index (κ2) is 4.42. The lowest BCUT2D eigenvalue weighted by atomic mass is 10.1. The zero-order valence-corrected chi connectivity index (χ0v) is 8.46. The number of aromatic amines is 1. The topological polar surface area (TPSA) is 82.9 Å². The Balaban J connectivity index is 3.47. The first-order chi connectivity index (χ1) is 7.13. The summed E-state index contributed by atoms with van der Waals surface area (Å²) in [7, 11) is 1.20. The Kier molecular flexibility index (Phi) is 3.24. The lowest BCUT2D eigenvalue weighted by molar-refractivity contribution is 0.0600. The molecule has 0 bridgehead atoms. The summed E-state index contributed by atoms with van der Waals surface area (Å²) >= 11 is 0. The number of carbonyl (C=O) groups excluding carboxylic acids is 1. The maximum Gasteiger partial charge on any atom is 0.339 e. The van der Waals surface area contributed by atoms with Crippen molar-refractivity contribution in [2.75, 3.05) is 7.11 Å². The fourth-order valence-electron chi connectivity index (χ4n) is 1.19. The van der Waals surface area contributed by atoms with E-state index in [2.05, 4.69) is 9.72 Å². The molecule has 15 heavy (non-hydrogen) atoms. The molecule has 1 N–H and O–H groups in total. The van der Waals surface area contributed by atoms with Crippen molar-refractivity contribution in [1.29, 1.82) is 5.26 Å². The molecule has 0 radical (unpaired) electrons. The number of esters is 1. The molecule has 0 aliphatic heterocycles. The van der Waals surface area contributed by atoms with E-state index in [0.29, 0.717) is 12.1 Å². The number of aryl methyl sites for hydroxylation is 1. The zero-order valence-electron chi connectivity index (χ0n) is 8.46. The standard InChI is InChI=1S/C10H10N2O3/c1-3-6-4-7(10(14)15-2)8(5-11)9(13)12-6/h4H,3H2,1-2H3,(H,12,13). The van der Waals surface area contributed by atoms with Crippen molar-refractivity contribution in [2.24, 2.45) is 0 Å². The molecule has 0 atom stereocenters. The highest BCUT2D eigenvalue weighted by atomic mass is 16.5. The number of ether oxygens (including phenoxy) is 1. The number of rotatable bonds is 2. The predicted molar refractivity (Wildman–Crippen MR) is 52.5 cm³/mol. The smallest absolute Gasteiger partial charge is 0.339 e. The molecule has 1 rings (SSSR count).